The summed E-state index contributed by atoms with van der Waals surface area (Å²) in [4.78, 5) is 14.2. The van der Waals surface area contributed by atoms with Crippen molar-refractivity contribution in [3.05, 3.63) is 0 Å². The molecule has 4 nitrogen and oxygen atoms in total. The Hall–Kier alpha value is -0.610. The lowest BCUT2D eigenvalue weighted by Crippen LogP contribution is -2.41. The first kappa shape index (κ1) is 14.8. The number of carbonyl (C=O) groups excluding carboxylic acids is 1. The van der Waals surface area contributed by atoms with Gasteiger partial charge in [0.1, 0.15) is 6.61 Å². The Morgan fingerprint density at radius 1 is 1.21 bits per heavy atom. The summed E-state index contributed by atoms with van der Waals surface area (Å²) in [6, 6.07) is 1.09. The Morgan fingerprint density at radius 2 is 1.95 bits per heavy atom. The van der Waals surface area contributed by atoms with Crippen LogP contribution in [0.15, 0.2) is 0 Å². The Morgan fingerprint density at radius 3 is 2.63 bits per heavy atom. The molecule has 1 atom stereocenters. The lowest BCUT2D eigenvalue weighted by molar-refractivity contribution is -0.126. The zero-order chi connectivity index (χ0) is 13.5. The molecule has 4 heteroatoms. The first-order valence-electron chi connectivity index (χ1n) is 7.90. The maximum absolute atomic E-state index is 11.6. The maximum Gasteiger partial charge on any atom is 0.246 e. The summed E-state index contributed by atoms with van der Waals surface area (Å²) in [7, 11) is 0. The fraction of sp³-hybridized carbons (Fsp3) is 0.933. The van der Waals surface area contributed by atoms with Crippen molar-refractivity contribution in [1.29, 1.82) is 0 Å². The molecule has 0 bridgehead atoms. The van der Waals surface area contributed by atoms with Gasteiger partial charge in [-0.05, 0) is 26.2 Å². The van der Waals surface area contributed by atoms with Gasteiger partial charge in [-0.3, -0.25) is 9.69 Å². The highest BCUT2D eigenvalue weighted by Gasteiger charge is 2.29. The Labute approximate surface area is 116 Å². The van der Waals surface area contributed by atoms with E-state index in [9.17, 15) is 4.79 Å². The van der Waals surface area contributed by atoms with Crippen LogP contribution < -0.4 is 5.32 Å². The molecular formula is C15H28N2O2. The standard InChI is InChI=1S/C15H28N2O2/c1-2-19-12-15(18)16-13-9-10-17(11-13)14-7-5-3-4-6-8-14/h13-14H,2-12H2,1H3,(H,16,18)/t13-/m0/s1. The lowest BCUT2D eigenvalue weighted by Gasteiger charge is -2.26. The molecule has 0 unspecified atom stereocenters. The summed E-state index contributed by atoms with van der Waals surface area (Å²) in [6.45, 7) is 4.89. The van der Waals surface area contributed by atoms with E-state index < -0.39 is 0 Å². The van der Waals surface area contributed by atoms with Crippen molar-refractivity contribution in [3.63, 3.8) is 0 Å². The Bertz CT molecular complexity index is 275. The monoisotopic (exact) mass is 268 g/mol. The van der Waals surface area contributed by atoms with Gasteiger partial charge >= 0.3 is 0 Å². The third kappa shape index (κ3) is 4.77. The number of rotatable bonds is 5. The number of carbonyl (C=O) groups is 1. The molecule has 1 heterocycles. The molecule has 0 aromatic rings. The number of amides is 1. The van der Waals surface area contributed by atoms with Gasteiger partial charge in [0, 0.05) is 31.8 Å². The van der Waals surface area contributed by atoms with Gasteiger partial charge in [0.25, 0.3) is 0 Å². The highest BCUT2D eigenvalue weighted by molar-refractivity contribution is 5.77. The van der Waals surface area contributed by atoms with Crippen molar-refractivity contribution in [2.75, 3.05) is 26.3 Å². The van der Waals surface area contributed by atoms with Gasteiger partial charge in [-0.15, -0.1) is 0 Å². The van der Waals surface area contributed by atoms with E-state index in [1.54, 1.807) is 0 Å². The topological polar surface area (TPSA) is 41.6 Å². The molecule has 2 rings (SSSR count). The van der Waals surface area contributed by atoms with Crippen molar-refractivity contribution in [2.24, 2.45) is 0 Å². The SMILES string of the molecule is CCOCC(=O)N[C@H]1CCN(C2CCCCCC2)C1. The second-order valence-corrected chi connectivity index (χ2v) is 5.83. The zero-order valence-electron chi connectivity index (χ0n) is 12.2. The first-order chi connectivity index (χ1) is 9.29. The van der Waals surface area contributed by atoms with E-state index >= 15 is 0 Å². The summed E-state index contributed by atoms with van der Waals surface area (Å²) >= 11 is 0. The van der Waals surface area contributed by atoms with Crippen LogP contribution in [0.25, 0.3) is 0 Å². The Balaban J connectivity index is 1.71. The smallest absolute Gasteiger partial charge is 0.246 e. The van der Waals surface area contributed by atoms with Crippen molar-refractivity contribution in [1.82, 2.24) is 10.2 Å². The van der Waals surface area contributed by atoms with Gasteiger partial charge in [-0.2, -0.15) is 0 Å². The predicted octanol–water partition coefficient (Wildman–Crippen LogP) is 1.94. The molecule has 1 N–H and O–H groups in total. The molecule has 0 aromatic carbocycles. The van der Waals surface area contributed by atoms with Crippen LogP contribution >= 0.6 is 0 Å². The van der Waals surface area contributed by atoms with E-state index in [1.807, 2.05) is 6.92 Å². The molecule has 2 aliphatic rings. The van der Waals surface area contributed by atoms with Crippen LogP contribution in [0.1, 0.15) is 51.9 Å². The fourth-order valence-corrected chi connectivity index (χ4v) is 3.32. The van der Waals surface area contributed by atoms with Gasteiger partial charge in [-0.25, -0.2) is 0 Å². The largest absolute Gasteiger partial charge is 0.372 e. The van der Waals surface area contributed by atoms with Crippen LogP contribution in [0.5, 0.6) is 0 Å². The summed E-state index contributed by atoms with van der Waals surface area (Å²) in [6.07, 6.45) is 9.34. The minimum absolute atomic E-state index is 0.0366. The molecule has 110 valence electrons. The predicted molar refractivity (Wildman–Crippen MR) is 76.1 cm³/mol. The van der Waals surface area contributed by atoms with Gasteiger partial charge in [0.05, 0.1) is 0 Å². The van der Waals surface area contributed by atoms with Crippen LogP contribution in [0, 0.1) is 0 Å². The highest BCUT2D eigenvalue weighted by atomic mass is 16.5. The number of likely N-dealkylation sites (tertiary alicyclic amines) is 1. The molecule has 0 spiro atoms. The van der Waals surface area contributed by atoms with Crippen molar-refractivity contribution >= 4 is 5.91 Å². The number of hydrogen-bond donors (Lipinski definition) is 1. The summed E-state index contributed by atoms with van der Waals surface area (Å²) in [5, 5.41) is 3.09. The maximum atomic E-state index is 11.6. The van der Waals surface area contributed by atoms with Crippen LogP contribution in [0.4, 0.5) is 0 Å². The molecule has 1 saturated carbocycles. The highest BCUT2D eigenvalue weighted by Crippen LogP contribution is 2.24. The fourth-order valence-electron chi connectivity index (χ4n) is 3.32. The molecule has 1 aliphatic heterocycles. The minimum atomic E-state index is 0.0366. The number of nitrogens with one attached hydrogen (secondary N) is 1. The average Bonchev–Trinajstić information content (AvgIpc) is 2.70. The molecular weight excluding hydrogens is 240 g/mol. The van der Waals surface area contributed by atoms with Crippen molar-refractivity contribution < 1.29 is 9.53 Å². The van der Waals surface area contributed by atoms with Gasteiger partial charge in [0.15, 0.2) is 0 Å². The van der Waals surface area contributed by atoms with Crippen molar-refractivity contribution in [3.8, 4) is 0 Å². The van der Waals surface area contributed by atoms with Gasteiger partial charge in [0.2, 0.25) is 5.91 Å². The van der Waals surface area contributed by atoms with E-state index in [2.05, 4.69) is 10.2 Å². The zero-order valence-corrected chi connectivity index (χ0v) is 12.2. The van der Waals surface area contributed by atoms with Gasteiger partial charge < -0.3 is 10.1 Å². The summed E-state index contributed by atoms with van der Waals surface area (Å²) < 4.78 is 5.14. The van der Waals surface area contributed by atoms with Gasteiger partial charge in [-0.1, -0.05) is 25.7 Å². The molecule has 19 heavy (non-hydrogen) atoms. The third-order valence-corrected chi connectivity index (χ3v) is 4.36. The molecule has 0 radical (unpaired) electrons. The summed E-state index contributed by atoms with van der Waals surface area (Å²) in [5.41, 5.74) is 0. The number of hydrogen-bond acceptors (Lipinski definition) is 3. The van der Waals surface area contributed by atoms with Crippen LogP contribution in [-0.4, -0.2) is 49.2 Å². The first-order valence-corrected chi connectivity index (χ1v) is 7.90. The van der Waals surface area contributed by atoms with E-state index in [-0.39, 0.29) is 12.5 Å². The molecule has 1 saturated heterocycles. The molecule has 2 fully saturated rings. The average molecular weight is 268 g/mol. The van der Waals surface area contributed by atoms with Crippen LogP contribution in [0.3, 0.4) is 0 Å². The second kappa shape index (κ2) is 7.85. The van der Waals surface area contributed by atoms with E-state index in [0.717, 1.165) is 25.6 Å². The van der Waals surface area contributed by atoms with E-state index in [1.165, 1.54) is 38.5 Å². The normalized spacial score (nSPS) is 26.3. The van der Waals surface area contributed by atoms with E-state index in [0.29, 0.717) is 12.6 Å². The third-order valence-electron chi connectivity index (χ3n) is 4.36. The second-order valence-electron chi connectivity index (χ2n) is 5.83. The number of ether oxygens (including phenoxy) is 1. The van der Waals surface area contributed by atoms with Crippen molar-refractivity contribution in [2.45, 2.75) is 64.0 Å². The quantitative estimate of drug-likeness (QED) is 0.775. The minimum Gasteiger partial charge on any atom is -0.372 e. The van der Waals surface area contributed by atoms with E-state index in [4.69, 9.17) is 4.74 Å². The van der Waals surface area contributed by atoms with Crippen LogP contribution in [-0.2, 0) is 9.53 Å². The molecule has 1 amide bonds. The summed E-state index contributed by atoms with van der Waals surface area (Å²) in [5.74, 6) is 0.0366. The van der Waals surface area contributed by atoms with Crippen LogP contribution in [0.2, 0.25) is 0 Å². The molecule has 1 aliphatic carbocycles. The Kier molecular flexibility index (Phi) is 6.11. The molecule has 0 aromatic heterocycles. The number of nitrogens with zero attached hydrogens (tertiary/aromatic N) is 1. The lowest BCUT2D eigenvalue weighted by atomic mass is 10.1.